The summed E-state index contributed by atoms with van der Waals surface area (Å²) >= 11 is 0. The lowest BCUT2D eigenvalue weighted by molar-refractivity contribution is -0.384. The number of nitro benzene ring substituents is 1. The number of benzene rings is 1. The van der Waals surface area contributed by atoms with Gasteiger partial charge in [-0.2, -0.15) is 0 Å². The van der Waals surface area contributed by atoms with Crippen LogP contribution in [-0.2, 0) is 4.74 Å². The number of nitro groups is 1. The second-order valence-corrected chi connectivity index (χ2v) is 3.97. The van der Waals surface area contributed by atoms with Gasteiger partial charge in [0.05, 0.1) is 23.8 Å². The lowest BCUT2D eigenvalue weighted by Gasteiger charge is -2.28. The Morgan fingerprint density at radius 1 is 1.41 bits per heavy atom. The molecule has 0 bridgehead atoms. The van der Waals surface area contributed by atoms with E-state index in [1.807, 2.05) is 11.9 Å². The SMILES string of the molecule is Cc1ccc([N+](=O)[O-])cc1NN1CCOCC1. The standard InChI is InChI=1S/C11H15N3O3/c1-9-2-3-10(14(15)16)8-11(9)12-13-4-6-17-7-5-13/h2-3,8,12H,4-7H2,1H3. The Labute approximate surface area is 99.3 Å². The maximum atomic E-state index is 10.7. The van der Waals surface area contributed by atoms with E-state index in [0.717, 1.165) is 24.3 Å². The number of hydrogen-bond acceptors (Lipinski definition) is 5. The number of non-ortho nitro benzene ring substituents is 1. The molecule has 1 N–H and O–H groups in total. The largest absolute Gasteiger partial charge is 0.379 e. The summed E-state index contributed by atoms with van der Waals surface area (Å²) in [5.41, 5.74) is 5.06. The van der Waals surface area contributed by atoms with Crippen molar-refractivity contribution in [2.75, 3.05) is 31.7 Å². The van der Waals surface area contributed by atoms with E-state index in [9.17, 15) is 10.1 Å². The molecule has 0 amide bonds. The molecule has 0 aliphatic carbocycles. The number of aryl methyl sites for hydroxylation is 1. The van der Waals surface area contributed by atoms with E-state index >= 15 is 0 Å². The summed E-state index contributed by atoms with van der Waals surface area (Å²) in [5, 5.41) is 12.7. The van der Waals surface area contributed by atoms with Crippen molar-refractivity contribution in [2.24, 2.45) is 0 Å². The molecule has 1 aliphatic heterocycles. The van der Waals surface area contributed by atoms with E-state index in [4.69, 9.17) is 4.74 Å². The molecule has 6 heteroatoms. The fraction of sp³-hybridized carbons (Fsp3) is 0.455. The third kappa shape index (κ3) is 2.92. The van der Waals surface area contributed by atoms with E-state index in [1.54, 1.807) is 12.1 Å². The van der Waals surface area contributed by atoms with Crippen molar-refractivity contribution in [3.05, 3.63) is 33.9 Å². The van der Waals surface area contributed by atoms with E-state index in [0.29, 0.717) is 13.2 Å². The van der Waals surface area contributed by atoms with Crippen LogP contribution in [0.1, 0.15) is 5.56 Å². The minimum atomic E-state index is -0.385. The van der Waals surface area contributed by atoms with Crippen molar-refractivity contribution in [2.45, 2.75) is 6.92 Å². The third-order valence-corrected chi connectivity index (χ3v) is 2.72. The molecule has 0 unspecified atom stereocenters. The first kappa shape index (κ1) is 11.8. The molecule has 0 radical (unpaired) electrons. The lowest BCUT2D eigenvalue weighted by Crippen LogP contribution is -2.40. The average Bonchev–Trinajstić information content (AvgIpc) is 2.33. The van der Waals surface area contributed by atoms with Gasteiger partial charge in [0.25, 0.3) is 5.69 Å². The van der Waals surface area contributed by atoms with Crippen molar-refractivity contribution < 1.29 is 9.66 Å². The van der Waals surface area contributed by atoms with Gasteiger partial charge in [0, 0.05) is 25.2 Å². The molecule has 1 fully saturated rings. The topological polar surface area (TPSA) is 67.6 Å². The van der Waals surface area contributed by atoms with Crippen LogP contribution in [0.15, 0.2) is 18.2 Å². The van der Waals surface area contributed by atoms with Gasteiger partial charge < -0.3 is 10.2 Å². The van der Waals surface area contributed by atoms with Crippen molar-refractivity contribution >= 4 is 11.4 Å². The summed E-state index contributed by atoms with van der Waals surface area (Å²) in [6, 6.07) is 4.82. The minimum absolute atomic E-state index is 0.103. The highest BCUT2D eigenvalue weighted by Gasteiger charge is 2.13. The molecule has 1 aromatic carbocycles. The molecule has 0 spiro atoms. The van der Waals surface area contributed by atoms with Crippen LogP contribution in [0.3, 0.4) is 0 Å². The Bertz CT molecular complexity index is 416. The van der Waals surface area contributed by atoms with Crippen LogP contribution in [0.2, 0.25) is 0 Å². The zero-order chi connectivity index (χ0) is 12.3. The van der Waals surface area contributed by atoms with Crippen LogP contribution in [0, 0.1) is 17.0 Å². The van der Waals surface area contributed by atoms with E-state index in [1.165, 1.54) is 6.07 Å². The number of hydrogen-bond donors (Lipinski definition) is 1. The number of rotatable bonds is 3. The summed E-state index contributed by atoms with van der Waals surface area (Å²) in [4.78, 5) is 10.3. The zero-order valence-corrected chi connectivity index (χ0v) is 9.68. The maximum absolute atomic E-state index is 10.7. The van der Waals surface area contributed by atoms with Crippen LogP contribution in [0.5, 0.6) is 0 Å². The number of ether oxygens (including phenoxy) is 1. The number of morpholine rings is 1. The second kappa shape index (κ2) is 5.11. The zero-order valence-electron chi connectivity index (χ0n) is 9.68. The fourth-order valence-electron chi connectivity index (χ4n) is 1.69. The number of hydrazine groups is 1. The van der Waals surface area contributed by atoms with Crippen LogP contribution in [0.25, 0.3) is 0 Å². The van der Waals surface area contributed by atoms with Gasteiger partial charge >= 0.3 is 0 Å². The highest BCUT2D eigenvalue weighted by molar-refractivity contribution is 5.56. The third-order valence-electron chi connectivity index (χ3n) is 2.72. The molecule has 1 heterocycles. The van der Waals surface area contributed by atoms with Gasteiger partial charge in [0.15, 0.2) is 0 Å². The highest BCUT2D eigenvalue weighted by Crippen LogP contribution is 2.22. The van der Waals surface area contributed by atoms with Crippen molar-refractivity contribution in [3.8, 4) is 0 Å². The first-order valence-electron chi connectivity index (χ1n) is 5.51. The van der Waals surface area contributed by atoms with Gasteiger partial charge in [0.2, 0.25) is 0 Å². The molecular formula is C11H15N3O3. The quantitative estimate of drug-likeness (QED) is 0.638. The van der Waals surface area contributed by atoms with Crippen LogP contribution < -0.4 is 5.43 Å². The Morgan fingerprint density at radius 3 is 2.76 bits per heavy atom. The van der Waals surface area contributed by atoms with Crippen molar-refractivity contribution in [1.82, 2.24) is 5.01 Å². The molecule has 6 nitrogen and oxygen atoms in total. The molecule has 0 aromatic heterocycles. The smallest absolute Gasteiger partial charge is 0.271 e. The molecule has 17 heavy (non-hydrogen) atoms. The van der Waals surface area contributed by atoms with Crippen LogP contribution >= 0.6 is 0 Å². The lowest BCUT2D eigenvalue weighted by atomic mass is 10.2. The van der Waals surface area contributed by atoms with Crippen LogP contribution in [0.4, 0.5) is 11.4 Å². The molecule has 1 aliphatic rings. The molecule has 1 aromatic rings. The Balaban J connectivity index is 2.13. The summed E-state index contributed by atoms with van der Waals surface area (Å²) in [5.74, 6) is 0. The van der Waals surface area contributed by atoms with E-state index in [-0.39, 0.29) is 10.6 Å². The van der Waals surface area contributed by atoms with Gasteiger partial charge in [-0.1, -0.05) is 6.07 Å². The van der Waals surface area contributed by atoms with Crippen LogP contribution in [-0.4, -0.2) is 36.2 Å². The van der Waals surface area contributed by atoms with Gasteiger partial charge in [-0.15, -0.1) is 0 Å². The highest BCUT2D eigenvalue weighted by atomic mass is 16.6. The summed E-state index contributed by atoms with van der Waals surface area (Å²) < 4.78 is 5.24. The number of nitrogens with zero attached hydrogens (tertiary/aromatic N) is 2. The predicted molar refractivity (Wildman–Crippen MR) is 63.8 cm³/mol. The average molecular weight is 237 g/mol. The molecule has 2 rings (SSSR count). The van der Waals surface area contributed by atoms with E-state index in [2.05, 4.69) is 5.43 Å². The molecule has 1 saturated heterocycles. The number of nitrogens with one attached hydrogen (secondary N) is 1. The molecule has 0 atom stereocenters. The first-order chi connectivity index (χ1) is 8.16. The summed E-state index contributed by atoms with van der Waals surface area (Å²) in [7, 11) is 0. The van der Waals surface area contributed by atoms with Crippen molar-refractivity contribution in [3.63, 3.8) is 0 Å². The predicted octanol–water partition coefficient (Wildman–Crippen LogP) is 1.56. The molecular weight excluding hydrogens is 222 g/mol. The summed E-state index contributed by atoms with van der Waals surface area (Å²) in [6.07, 6.45) is 0. The Hall–Kier alpha value is -1.66. The maximum Gasteiger partial charge on any atom is 0.271 e. The second-order valence-electron chi connectivity index (χ2n) is 3.97. The number of anilines is 1. The van der Waals surface area contributed by atoms with Gasteiger partial charge in [-0.05, 0) is 12.5 Å². The normalized spacial score (nSPS) is 16.8. The van der Waals surface area contributed by atoms with Gasteiger partial charge in [-0.3, -0.25) is 10.1 Å². The van der Waals surface area contributed by atoms with E-state index < -0.39 is 0 Å². The first-order valence-corrected chi connectivity index (χ1v) is 5.51. The molecule has 0 saturated carbocycles. The van der Waals surface area contributed by atoms with Gasteiger partial charge in [-0.25, -0.2) is 5.01 Å². The Kier molecular flexibility index (Phi) is 3.55. The fourth-order valence-corrected chi connectivity index (χ4v) is 1.69. The molecule has 92 valence electrons. The van der Waals surface area contributed by atoms with Crippen molar-refractivity contribution in [1.29, 1.82) is 0 Å². The summed E-state index contributed by atoms with van der Waals surface area (Å²) in [6.45, 7) is 4.85. The van der Waals surface area contributed by atoms with Gasteiger partial charge in [0.1, 0.15) is 0 Å². The minimum Gasteiger partial charge on any atom is -0.379 e. The monoisotopic (exact) mass is 237 g/mol. The Morgan fingerprint density at radius 2 is 2.12 bits per heavy atom.